The molecule has 0 fully saturated rings. The van der Waals surface area contributed by atoms with Gasteiger partial charge in [0.1, 0.15) is 0 Å². The molecular formula is C9H15N3O6Rf3-6. The van der Waals surface area contributed by atoms with Crippen LogP contribution in [-0.4, -0.2) is 30.3 Å². The molecule has 0 aliphatic rings. The number of aliphatic hydroxyl groups is 3. The van der Waals surface area contributed by atoms with E-state index in [1.54, 1.807) is 0 Å². The molecule has 0 bridgehead atoms. The predicted octanol–water partition coefficient (Wildman–Crippen LogP) is 0.834. The topological polar surface area (TPSA) is 127 Å². The van der Waals surface area contributed by atoms with Crippen molar-refractivity contribution in [3.05, 3.63) is 42.7 Å². The molecule has 0 amide bonds. The fourth-order valence-electron chi connectivity index (χ4n) is 0.514. The molecule has 9 nitrogen and oxygen atoms in total. The average Bonchev–Trinajstić information content (AvgIpc) is 2.52. The van der Waals surface area contributed by atoms with Gasteiger partial charge in [-0.3, -0.25) is 0 Å². The van der Waals surface area contributed by atoms with Crippen molar-refractivity contribution in [1.29, 1.82) is 0 Å². The zero-order valence-electron chi connectivity index (χ0n) is 11.8. The fraction of sp³-hybridized carbons (Fsp3) is 0. The van der Waals surface area contributed by atoms with Crippen LogP contribution in [0.25, 0.3) is 0 Å². The van der Waals surface area contributed by atoms with E-state index >= 15 is 0 Å². The first-order valence-corrected chi connectivity index (χ1v) is 3.77. The maximum absolute atomic E-state index is 6.75. The van der Waals surface area contributed by atoms with E-state index < -0.39 is 0 Å². The minimum atomic E-state index is -0.0256. The predicted molar refractivity (Wildman–Crippen MR) is 59.7 cm³/mol. The van der Waals surface area contributed by atoms with Gasteiger partial charge in [-0.15, -0.1) is 15.0 Å². The Bertz CT molecular complexity index is 232. The van der Waals surface area contributed by atoms with Crippen LogP contribution in [0.3, 0.4) is 0 Å². The zero-order chi connectivity index (χ0) is 15.0. The first kappa shape index (κ1) is 36.0. The van der Waals surface area contributed by atoms with Crippen molar-refractivity contribution in [2.45, 2.75) is 0 Å². The molecule has 0 atom stereocenters. The molecule has 1 aromatic heterocycles. The Kier molecular flexibility index (Phi) is 50.5. The Morgan fingerprint density at radius 2 is 0.667 bits per heavy atom. The molecule has 12 heteroatoms. The summed E-state index contributed by atoms with van der Waals surface area (Å²) in [5, 5.41) is 20.2. The second kappa shape index (κ2) is 29.5. The second-order valence-electron chi connectivity index (χ2n) is 1.62. The number of hydrogen-bond donors (Lipinski definition) is 3. The Labute approximate surface area is 106 Å². The van der Waals surface area contributed by atoms with E-state index in [1.807, 2.05) is 0 Å². The van der Waals surface area contributed by atoms with Gasteiger partial charge in [0.2, 0.25) is 0 Å². The maximum Gasteiger partial charge on any atom is 0.292 e. The fourth-order valence-corrected chi connectivity index (χ4v) is 0.514. The van der Waals surface area contributed by atoms with Crippen LogP contribution in [0.15, 0.2) is 0 Å². The third-order valence-corrected chi connectivity index (χ3v) is 0.961. The third-order valence-electron chi connectivity index (χ3n) is 0.961. The van der Waals surface area contributed by atoms with Gasteiger partial charge in [0, 0.05) is 0 Å². The first-order valence-electron chi connectivity index (χ1n) is 3.77. The third kappa shape index (κ3) is 15.3. The SMILES string of the molecule is [CH2-]O.[CH2-]O.[CH2-]O.[CH2-]Oc1nc(O[CH2-])nc(O[CH2-])n1.[Rf].[Rf].[Rf]. The maximum atomic E-state index is 6.75. The van der Waals surface area contributed by atoms with E-state index in [9.17, 15) is 0 Å². The quantitative estimate of drug-likeness (QED) is 0.378. The number of ether oxygens (including phenoxy) is 3. The monoisotopic (exact) mass is 1060 g/mol. The average molecular weight is 1060 g/mol. The molecule has 0 saturated carbocycles. The van der Waals surface area contributed by atoms with Crippen molar-refractivity contribution in [1.82, 2.24) is 15.0 Å². The van der Waals surface area contributed by atoms with Gasteiger partial charge in [-0.1, -0.05) is 0 Å². The van der Waals surface area contributed by atoms with Gasteiger partial charge in [0.05, 0.1) is 0 Å². The molecule has 0 aliphatic carbocycles. The van der Waals surface area contributed by atoms with Crippen LogP contribution < -0.4 is 14.2 Å². The molecule has 0 aromatic carbocycles. The van der Waals surface area contributed by atoms with Crippen LogP contribution in [0.2, 0.25) is 0 Å². The normalized spacial score (nSPS) is 6.14. The van der Waals surface area contributed by atoms with Gasteiger partial charge < -0.3 is 29.5 Å². The van der Waals surface area contributed by atoms with Crippen molar-refractivity contribution in [2.75, 3.05) is 0 Å². The number of aliphatic hydroxyl groups excluding tert-OH is 3. The first-order chi connectivity index (χ1) is 8.80. The van der Waals surface area contributed by atoms with Crippen molar-refractivity contribution in [2.24, 2.45) is 0 Å². The summed E-state index contributed by atoms with van der Waals surface area (Å²) in [5.41, 5.74) is 0. The second-order valence-corrected chi connectivity index (χ2v) is 1.62. The molecule has 0 radical (unpaired) electrons. The van der Waals surface area contributed by atoms with Crippen LogP contribution in [0.1, 0.15) is 0 Å². The van der Waals surface area contributed by atoms with E-state index in [1.165, 1.54) is 0 Å². The molecule has 0 unspecified atom stereocenters. The van der Waals surface area contributed by atoms with Crippen LogP contribution in [0.4, 0.5) is 0 Å². The van der Waals surface area contributed by atoms with Gasteiger partial charge in [0.15, 0.2) is 0 Å². The summed E-state index contributed by atoms with van der Waals surface area (Å²) >= 11 is 0. The summed E-state index contributed by atoms with van der Waals surface area (Å²) in [7, 11) is 16.1. The number of nitrogens with zero attached hydrogens (tertiary/aromatic N) is 3. The zero-order valence-corrected chi connectivity index (χ0v) is 31.0. The Hall–Kier alpha value is -4.71. The number of aromatic nitrogens is 3. The van der Waals surface area contributed by atoms with Gasteiger partial charge in [0.25, 0.3) is 18.0 Å². The summed E-state index contributed by atoms with van der Waals surface area (Å²) in [6.07, 6.45) is 0. The van der Waals surface area contributed by atoms with Crippen molar-refractivity contribution in [3.63, 3.8) is 0 Å². The Morgan fingerprint density at radius 3 is 0.762 bits per heavy atom. The summed E-state index contributed by atoms with van der Waals surface area (Å²) in [5.74, 6) is 0. The minimum absolute atomic E-state index is 0. The summed E-state index contributed by atoms with van der Waals surface area (Å²) in [6.45, 7) is 0. The minimum Gasteiger partial charge on any atom is -0.638 e. The molecule has 21 heavy (non-hydrogen) atoms. The molecule has 114 valence electrons. The molecule has 0 spiro atoms. The van der Waals surface area contributed by atoms with Gasteiger partial charge in [-0.2, -0.15) is 21.3 Å². The number of hydrogen-bond acceptors (Lipinski definition) is 9. The van der Waals surface area contributed by atoms with Crippen LogP contribution in [0, 0.1) is 42.7 Å². The van der Waals surface area contributed by atoms with E-state index in [0.717, 1.165) is 0 Å². The smallest absolute Gasteiger partial charge is 0.292 e. The van der Waals surface area contributed by atoms with Crippen LogP contribution >= 0.6 is 0 Å². The van der Waals surface area contributed by atoms with E-state index in [2.05, 4.69) is 71.8 Å². The van der Waals surface area contributed by atoms with E-state index in [0.29, 0.717) is 0 Å². The molecule has 0 aliphatic heterocycles. The van der Waals surface area contributed by atoms with Crippen molar-refractivity contribution >= 4 is 0 Å². The Balaban J connectivity index is -0.0000000559. The van der Waals surface area contributed by atoms with Gasteiger partial charge >= 0.3 is 0 Å². The summed E-state index contributed by atoms with van der Waals surface area (Å²) in [4.78, 5) is 10.9. The van der Waals surface area contributed by atoms with Crippen molar-refractivity contribution < 1.29 is 29.5 Å². The van der Waals surface area contributed by atoms with E-state index in [-0.39, 0.29) is 18.0 Å². The molecule has 1 aromatic rings. The van der Waals surface area contributed by atoms with Crippen molar-refractivity contribution in [3.8, 4) is 18.0 Å². The van der Waals surface area contributed by atoms with Crippen LogP contribution in [0.5, 0.6) is 18.0 Å². The van der Waals surface area contributed by atoms with E-state index in [4.69, 9.17) is 15.3 Å². The van der Waals surface area contributed by atoms with Crippen LogP contribution in [-0.2, 0) is 0 Å². The molecule has 1 rings (SSSR count). The molecule has 3 N–H and O–H groups in total. The Morgan fingerprint density at radius 1 is 0.524 bits per heavy atom. The van der Waals surface area contributed by atoms with Gasteiger partial charge in [-0.05, 0) is 0 Å². The summed E-state index contributed by atoms with van der Waals surface area (Å²) in [6, 6.07) is -0.0769. The standard InChI is InChI=1S/C6H6N3O3.3CH3O.3Rf/c1-10-4-7-5(11-2)9-6(8-4)12-3;3*1-2;;;/h1-3H2;3*2H,1H2;;;/q-3;3*-1;;;. The molecular weight excluding hydrogens is 1050 g/mol. The summed E-state index contributed by atoms with van der Waals surface area (Å²) < 4.78 is 13.4. The number of rotatable bonds is 3. The van der Waals surface area contributed by atoms with Gasteiger partial charge in [-0.25, -0.2) is 21.3 Å². The largest absolute Gasteiger partial charge is 0.638 e. The molecule has 1 heterocycles. The molecule has 0 saturated heterocycles.